The third kappa shape index (κ3) is 3.56. The molecule has 4 aromatic rings. The number of carbonyl (C=O) groups is 1. The number of hydrogen-bond donors (Lipinski definition) is 0. The van der Waals surface area contributed by atoms with Crippen LogP contribution in [-0.4, -0.2) is 49.2 Å². The van der Waals surface area contributed by atoms with Crippen LogP contribution in [0.1, 0.15) is 19.8 Å². The zero-order valence-electron chi connectivity index (χ0n) is 16.4. The van der Waals surface area contributed by atoms with Crippen molar-refractivity contribution in [2.75, 3.05) is 18.8 Å². The van der Waals surface area contributed by atoms with Crippen LogP contribution < -0.4 is 0 Å². The second kappa shape index (κ2) is 7.96. The van der Waals surface area contributed by atoms with Crippen molar-refractivity contribution in [1.82, 2.24) is 24.5 Å². The molecular formula is C21H20FN5OS2. The van der Waals surface area contributed by atoms with Gasteiger partial charge in [0.05, 0.1) is 11.1 Å². The highest BCUT2D eigenvalue weighted by Crippen LogP contribution is 2.36. The Kier molecular flexibility index (Phi) is 5.16. The molecule has 6 nitrogen and oxygen atoms in total. The Bertz CT molecular complexity index is 1220. The standard InChI is InChI=1S/C21H20FN5OS2/c1-13-3-2-8-26(9-13)17(28)11-30-21-25-24-19-18-16(14-4-6-15(22)7-5-14)10-29-20(18)23-12-27(19)21/h4-7,10,12-13H,2-3,8-9,11H2,1H3. The number of amides is 1. The van der Waals surface area contributed by atoms with E-state index in [0.29, 0.717) is 22.5 Å². The summed E-state index contributed by atoms with van der Waals surface area (Å²) in [6.45, 7) is 3.86. The molecule has 1 aliphatic heterocycles. The Morgan fingerprint density at radius 3 is 2.93 bits per heavy atom. The van der Waals surface area contributed by atoms with Crippen molar-refractivity contribution in [2.24, 2.45) is 5.92 Å². The highest BCUT2D eigenvalue weighted by Gasteiger charge is 2.22. The van der Waals surface area contributed by atoms with E-state index in [-0.39, 0.29) is 11.7 Å². The number of thioether (sulfide) groups is 1. The number of thiophene rings is 1. The Hall–Kier alpha value is -2.52. The number of likely N-dealkylation sites (tertiary alicyclic amines) is 1. The number of fused-ring (bicyclic) bond motifs is 3. The van der Waals surface area contributed by atoms with Crippen molar-refractivity contribution in [3.8, 4) is 11.1 Å². The number of nitrogens with zero attached hydrogens (tertiary/aromatic N) is 5. The fraction of sp³-hybridized carbons (Fsp3) is 0.333. The van der Waals surface area contributed by atoms with Gasteiger partial charge in [-0.1, -0.05) is 30.8 Å². The van der Waals surface area contributed by atoms with Gasteiger partial charge in [0.1, 0.15) is 17.0 Å². The molecule has 3 aromatic heterocycles. The monoisotopic (exact) mass is 441 g/mol. The molecule has 1 aliphatic rings. The van der Waals surface area contributed by atoms with E-state index >= 15 is 0 Å². The van der Waals surface area contributed by atoms with Crippen molar-refractivity contribution < 1.29 is 9.18 Å². The molecule has 0 bridgehead atoms. The topological polar surface area (TPSA) is 63.4 Å². The van der Waals surface area contributed by atoms with E-state index in [1.807, 2.05) is 14.7 Å². The summed E-state index contributed by atoms with van der Waals surface area (Å²) in [4.78, 5) is 20.0. The molecule has 154 valence electrons. The smallest absolute Gasteiger partial charge is 0.233 e. The average molecular weight is 442 g/mol. The quantitative estimate of drug-likeness (QED) is 0.437. The van der Waals surface area contributed by atoms with Crippen molar-refractivity contribution in [3.05, 3.63) is 41.8 Å². The van der Waals surface area contributed by atoms with E-state index in [0.717, 1.165) is 40.9 Å². The van der Waals surface area contributed by atoms with E-state index in [1.54, 1.807) is 18.5 Å². The van der Waals surface area contributed by atoms with Crippen LogP contribution in [0.15, 0.2) is 41.1 Å². The van der Waals surface area contributed by atoms with Crippen LogP contribution in [0.4, 0.5) is 4.39 Å². The zero-order valence-corrected chi connectivity index (χ0v) is 18.0. The van der Waals surface area contributed by atoms with Crippen LogP contribution in [0, 0.1) is 11.7 Å². The molecule has 0 saturated carbocycles. The lowest BCUT2D eigenvalue weighted by molar-refractivity contribution is -0.130. The largest absolute Gasteiger partial charge is 0.342 e. The SMILES string of the molecule is CC1CCCN(C(=O)CSc2nnc3c4c(-c5ccc(F)cc5)csc4ncn23)C1. The van der Waals surface area contributed by atoms with Crippen LogP contribution in [-0.2, 0) is 4.79 Å². The fourth-order valence-corrected chi connectivity index (χ4v) is 5.61. The highest BCUT2D eigenvalue weighted by atomic mass is 32.2. The number of aromatic nitrogens is 4. The summed E-state index contributed by atoms with van der Waals surface area (Å²) in [5, 5.41) is 12.2. The lowest BCUT2D eigenvalue weighted by Gasteiger charge is -2.30. The van der Waals surface area contributed by atoms with Gasteiger partial charge in [0.15, 0.2) is 10.8 Å². The van der Waals surface area contributed by atoms with Gasteiger partial charge in [-0.05, 0) is 36.5 Å². The van der Waals surface area contributed by atoms with Gasteiger partial charge in [-0.15, -0.1) is 21.5 Å². The Morgan fingerprint density at radius 2 is 2.13 bits per heavy atom. The van der Waals surface area contributed by atoms with E-state index < -0.39 is 0 Å². The number of piperidine rings is 1. The molecule has 1 saturated heterocycles. The van der Waals surface area contributed by atoms with Gasteiger partial charge < -0.3 is 4.90 Å². The van der Waals surface area contributed by atoms with Crippen molar-refractivity contribution in [1.29, 1.82) is 0 Å². The summed E-state index contributed by atoms with van der Waals surface area (Å²) in [6.07, 6.45) is 3.96. The predicted octanol–water partition coefficient (Wildman–Crippen LogP) is 4.50. The third-order valence-electron chi connectivity index (χ3n) is 5.44. The molecule has 1 fully saturated rings. The highest BCUT2D eigenvalue weighted by molar-refractivity contribution is 7.99. The molecule has 9 heteroatoms. The minimum absolute atomic E-state index is 0.139. The van der Waals surface area contributed by atoms with Gasteiger partial charge >= 0.3 is 0 Å². The second-order valence-electron chi connectivity index (χ2n) is 7.63. The second-order valence-corrected chi connectivity index (χ2v) is 9.43. The van der Waals surface area contributed by atoms with Crippen LogP contribution in [0.2, 0.25) is 0 Å². The summed E-state index contributed by atoms with van der Waals surface area (Å²) in [6, 6.07) is 6.41. The van der Waals surface area contributed by atoms with Gasteiger partial charge in [-0.3, -0.25) is 9.20 Å². The average Bonchev–Trinajstić information content (AvgIpc) is 3.36. The molecule has 1 unspecified atom stereocenters. The number of halogens is 1. The maximum absolute atomic E-state index is 13.3. The molecule has 0 radical (unpaired) electrons. The lowest BCUT2D eigenvalue weighted by Crippen LogP contribution is -2.40. The minimum atomic E-state index is -0.268. The summed E-state index contributed by atoms with van der Waals surface area (Å²) in [5.74, 6) is 0.762. The summed E-state index contributed by atoms with van der Waals surface area (Å²) >= 11 is 2.91. The van der Waals surface area contributed by atoms with Crippen molar-refractivity contribution >= 4 is 44.9 Å². The number of rotatable bonds is 4. The molecule has 4 heterocycles. The normalized spacial score (nSPS) is 17.1. The first-order chi connectivity index (χ1) is 14.6. The Balaban J connectivity index is 1.44. The van der Waals surface area contributed by atoms with Crippen LogP contribution in [0.5, 0.6) is 0 Å². The third-order valence-corrected chi connectivity index (χ3v) is 7.25. The zero-order chi connectivity index (χ0) is 20.7. The maximum Gasteiger partial charge on any atom is 0.233 e. The minimum Gasteiger partial charge on any atom is -0.342 e. The van der Waals surface area contributed by atoms with E-state index in [9.17, 15) is 9.18 Å². The van der Waals surface area contributed by atoms with E-state index in [2.05, 4.69) is 22.1 Å². The molecule has 1 amide bonds. The van der Waals surface area contributed by atoms with Crippen LogP contribution in [0.3, 0.4) is 0 Å². The lowest BCUT2D eigenvalue weighted by atomic mass is 10.0. The van der Waals surface area contributed by atoms with Gasteiger partial charge in [-0.2, -0.15) is 0 Å². The van der Waals surface area contributed by atoms with Crippen LogP contribution >= 0.6 is 23.1 Å². The van der Waals surface area contributed by atoms with Crippen molar-refractivity contribution in [2.45, 2.75) is 24.9 Å². The number of hydrogen-bond acceptors (Lipinski definition) is 6. The van der Waals surface area contributed by atoms with E-state index in [4.69, 9.17) is 0 Å². The molecule has 0 aliphatic carbocycles. The van der Waals surface area contributed by atoms with Gasteiger partial charge in [-0.25, -0.2) is 9.37 Å². The Morgan fingerprint density at radius 1 is 1.30 bits per heavy atom. The molecule has 1 aromatic carbocycles. The van der Waals surface area contributed by atoms with Crippen LogP contribution in [0.25, 0.3) is 27.0 Å². The number of benzene rings is 1. The van der Waals surface area contributed by atoms with Gasteiger partial charge in [0, 0.05) is 24.0 Å². The Labute approximate surface area is 181 Å². The molecule has 30 heavy (non-hydrogen) atoms. The van der Waals surface area contributed by atoms with Gasteiger partial charge in [0.2, 0.25) is 5.91 Å². The molecule has 1 atom stereocenters. The summed E-state index contributed by atoms with van der Waals surface area (Å²) in [7, 11) is 0. The first-order valence-electron chi connectivity index (χ1n) is 9.87. The maximum atomic E-state index is 13.3. The molecule has 0 spiro atoms. The summed E-state index contributed by atoms with van der Waals surface area (Å²) < 4.78 is 15.2. The molecule has 5 rings (SSSR count). The van der Waals surface area contributed by atoms with Crippen molar-refractivity contribution in [3.63, 3.8) is 0 Å². The number of carbonyl (C=O) groups excluding carboxylic acids is 1. The predicted molar refractivity (Wildman–Crippen MR) is 117 cm³/mol. The van der Waals surface area contributed by atoms with Gasteiger partial charge in [0.25, 0.3) is 0 Å². The molecule has 0 N–H and O–H groups in total. The summed E-state index contributed by atoms with van der Waals surface area (Å²) in [5.41, 5.74) is 2.56. The fourth-order valence-electron chi connectivity index (χ4n) is 3.89. The molecular weight excluding hydrogens is 421 g/mol. The first kappa shape index (κ1) is 19.4. The first-order valence-corrected chi connectivity index (χ1v) is 11.7. The van der Waals surface area contributed by atoms with E-state index in [1.165, 1.54) is 41.7 Å².